The zero-order valence-corrected chi connectivity index (χ0v) is 12.4. The van der Waals surface area contributed by atoms with E-state index in [1.165, 1.54) is 6.92 Å². The Kier molecular flexibility index (Phi) is 4.87. The van der Waals surface area contributed by atoms with E-state index >= 15 is 0 Å². The minimum Gasteiger partial charge on any atom is -0.385 e. The summed E-state index contributed by atoms with van der Waals surface area (Å²) in [5.74, 6) is -0.201. The maximum Gasteiger partial charge on any atom is 0.261 e. The molecule has 5 heteroatoms. The molecule has 0 aromatic carbocycles. The molecule has 2 aromatic heterocycles. The zero-order chi connectivity index (χ0) is 14.5. The topological polar surface area (TPSA) is 48.3 Å². The number of Topliss-reactive ketones (excluding diaryl/α,β-unsaturated/α-hetero) is 1. The lowest BCUT2D eigenvalue weighted by Crippen LogP contribution is -2.27. The lowest BCUT2D eigenvalue weighted by molar-refractivity contribution is 0.101. The van der Waals surface area contributed by atoms with Crippen LogP contribution < -0.4 is 5.56 Å². The third-order valence-electron chi connectivity index (χ3n) is 3.06. The third-order valence-corrected chi connectivity index (χ3v) is 3.95. The quantitative estimate of drug-likeness (QED) is 0.607. The van der Waals surface area contributed by atoms with Crippen molar-refractivity contribution in [2.24, 2.45) is 0 Å². The fourth-order valence-corrected chi connectivity index (χ4v) is 2.83. The van der Waals surface area contributed by atoms with E-state index in [9.17, 15) is 9.59 Å². The van der Waals surface area contributed by atoms with E-state index in [2.05, 4.69) is 0 Å². The van der Waals surface area contributed by atoms with Crippen molar-refractivity contribution >= 4 is 17.1 Å². The first-order chi connectivity index (χ1) is 9.65. The Morgan fingerprint density at radius 1 is 1.35 bits per heavy atom. The van der Waals surface area contributed by atoms with Gasteiger partial charge in [0, 0.05) is 20.3 Å². The monoisotopic (exact) mass is 291 g/mol. The molecule has 0 saturated carbocycles. The SMILES string of the molecule is COCCCn1c(-c2cccs2)ccc(C(C)=O)c1=O. The number of carbonyl (C=O) groups excluding carboxylic acids is 1. The third kappa shape index (κ3) is 3.05. The van der Waals surface area contributed by atoms with Crippen molar-refractivity contribution in [2.75, 3.05) is 13.7 Å². The van der Waals surface area contributed by atoms with Crippen molar-refractivity contribution < 1.29 is 9.53 Å². The molecular formula is C15H17NO3S. The van der Waals surface area contributed by atoms with Gasteiger partial charge >= 0.3 is 0 Å². The molecule has 2 heterocycles. The van der Waals surface area contributed by atoms with Crippen LogP contribution in [0.3, 0.4) is 0 Å². The van der Waals surface area contributed by atoms with Crippen LogP contribution in [0.4, 0.5) is 0 Å². The van der Waals surface area contributed by atoms with Crippen LogP contribution in [0.5, 0.6) is 0 Å². The highest BCUT2D eigenvalue weighted by molar-refractivity contribution is 7.13. The second-order valence-electron chi connectivity index (χ2n) is 4.47. The highest BCUT2D eigenvalue weighted by Gasteiger charge is 2.13. The van der Waals surface area contributed by atoms with Crippen LogP contribution >= 0.6 is 11.3 Å². The van der Waals surface area contributed by atoms with Gasteiger partial charge in [-0.3, -0.25) is 9.59 Å². The molecule has 0 aliphatic rings. The molecule has 0 aliphatic carbocycles. The van der Waals surface area contributed by atoms with E-state index in [1.54, 1.807) is 29.1 Å². The van der Waals surface area contributed by atoms with Gasteiger partial charge in [0.15, 0.2) is 5.78 Å². The van der Waals surface area contributed by atoms with Crippen LogP contribution in [0.2, 0.25) is 0 Å². The molecule has 0 N–H and O–H groups in total. The number of hydrogen-bond acceptors (Lipinski definition) is 4. The van der Waals surface area contributed by atoms with Gasteiger partial charge in [0.05, 0.1) is 16.1 Å². The van der Waals surface area contributed by atoms with Crippen LogP contribution in [0.1, 0.15) is 23.7 Å². The Hall–Kier alpha value is -1.72. The fourth-order valence-electron chi connectivity index (χ4n) is 2.07. The van der Waals surface area contributed by atoms with Gasteiger partial charge in [-0.25, -0.2) is 0 Å². The first kappa shape index (κ1) is 14.7. The van der Waals surface area contributed by atoms with E-state index in [1.807, 2.05) is 23.6 Å². The van der Waals surface area contributed by atoms with Gasteiger partial charge in [-0.2, -0.15) is 0 Å². The molecule has 0 bridgehead atoms. The molecule has 4 nitrogen and oxygen atoms in total. The Balaban J connectivity index is 2.48. The number of carbonyl (C=O) groups is 1. The lowest BCUT2D eigenvalue weighted by atomic mass is 10.1. The van der Waals surface area contributed by atoms with E-state index in [-0.39, 0.29) is 16.9 Å². The molecule has 0 saturated heterocycles. The molecule has 0 amide bonds. The van der Waals surface area contributed by atoms with E-state index < -0.39 is 0 Å². The van der Waals surface area contributed by atoms with Crippen molar-refractivity contribution in [2.45, 2.75) is 19.9 Å². The lowest BCUT2D eigenvalue weighted by Gasteiger charge is -2.12. The Morgan fingerprint density at radius 2 is 2.15 bits per heavy atom. The second kappa shape index (κ2) is 6.63. The first-order valence-corrected chi connectivity index (χ1v) is 7.30. The zero-order valence-electron chi connectivity index (χ0n) is 11.6. The summed E-state index contributed by atoms with van der Waals surface area (Å²) < 4.78 is 6.70. The minimum absolute atomic E-state index is 0.201. The average molecular weight is 291 g/mol. The van der Waals surface area contributed by atoms with Crippen LogP contribution in [0, 0.1) is 0 Å². The smallest absolute Gasteiger partial charge is 0.261 e. The second-order valence-corrected chi connectivity index (χ2v) is 5.42. The van der Waals surface area contributed by atoms with Crippen LogP contribution in [-0.4, -0.2) is 24.1 Å². The van der Waals surface area contributed by atoms with Crippen molar-refractivity contribution in [1.29, 1.82) is 0 Å². The largest absolute Gasteiger partial charge is 0.385 e. The summed E-state index contributed by atoms with van der Waals surface area (Å²) >= 11 is 1.58. The fraction of sp³-hybridized carbons (Fsp3) is 0.333. The van der Waals surface area contributed by atoms with Gasteiger partial charge < -0.3 is 9.30 Å². The van der Waals surface area contributed by atoms with Gasteiger partial charge in [0.25, 0.3) is 5.56 Å². The van der Waals surface area contributed by atoms with Crippen molar-refractivity contribution in [1.82, 2.24) is 4.57 Å². The summed E-state index contributed by atoms with van der Waals surface area (Å²) in [6.45, 7) is 2.54. The summed E-state index contributed by atoms with van der Waals surface area (Å²) in [5, 5.41) is 1.97. The molecule has 2 rings (SSSR count). The number of ether oxygens (including phenoxy) is 1. The number of rotatable bonds is 6. The Labute approximate surface area is 121 Å². The number of pyridine rings is 1. The Bertz CT molecular complexity index is 644. The number of thiophene rings is 1. The van der Waals surface area contributed by atoms with Crippen molar-refractivity contribution in [3.05, 3.63) is 45.6 Å². The summed E-state index contributed by atoms with van der Waals surface area (Å²) in [5.41, 5.74) is 0.869. The van der Waals surface area contributed by atoms with Crippen LogP contribution in [0.25, 0.3) is 10.6 Å². The molecule has 0 atom stereocenters. The standard InChI is InChI=1S/C15H17NO3S/c1-11(17)12-6-7-13(14-5-3-10-20-14)16(15(12)18)8-4-9-19-2/h3,5-7,10H,4,8-9H2,1-2H3. The molecule has 106 valence electrons. The van der Waals surface area contributed by atoms with Gasteiger partial charge in [-0.05, 0) is 36.9 Å². The van der Waals surface area contributed by atoms with Crippen molar-refractivity contribution in [3.63, 3.8) is 0 Å². The number of nitrogens with zero attached hydrogens (tertiary/aromatic N) is 1. The number of aromatic nitrogens is 1. The predicted molar refractivity (Wildman–Crippen MR) is 80.5 cm³/mol. The number of hydrogen-bond donors (Lipinski definition) is 0. The van der Waals surface area contributed by atoms with Gasteiger partial charge in [-0.15, -0.1) is 11.3 Å². The molecule has 0 aliphatic heterocycles. The maximum absolute atomic E-state index is 12.4. The summed E-state index contributed by atoms with van der Waals surface area (Å²) in [6, 6.07) is 7.38. The highest BCUT2D eigenvalue weighted by atomic mass is 32.1. The summed E-state index contributed by atoms with van der Waals surface area (Å²) in [4.78, 5) is 25.0. The molecule has 20 heavy (non-hydrogen) atoms. The van der Waals surface area contributed by atoms with Gasteiger partial charge in [0.1, 0.15) is 0 Å². The van der Waals surface area contributed by atoms with E-state index in [4.69, 9.17) is 4.74 Å². The highest BCUT2D eigenvalue weighted by Crippen LogP contribution is 2.24. The maximum atomic E-state index is 12.4. The molecule has 0 unspecified atom stereocenters. The van der Waals surface area contributed by atoms with Gasteiger partial charge in [-0.1, -0.05) is 6.07 Å². The molecule has 0 radical (unpaired) electrons. The van der Waals surface area contributed by atoms with E-state index in [0.717, 1.165) is 17.0 Å². The van der Waals surface area contributed by atoms with Gasteiger partial charge in [0.2, 0.25) is 0 Å². The summed E-state index contributed by atoms with van der Waals surface area (Å²) in [7, 11) is 1.63. The predicted octanol–water partition coefficient (Wildman–Crippen LogP) is 2.82. The van der Waals surface area contributed by atoms with E-state index in [0.29, 0.717) is 13.2 Å². The Morgan fingerprint density at radius 3 is 2.75 bits per heavy atom. The average Bonchev–Trinajstić information content (AvgIpc) is 2.94. The van der Waals surface area contributed by atoms with Crippen LogP contribution in [-0.2, 0) is 11.3 Å². The van der Waals surface area contributed by atoms with Crippen molar-refractivity contribution in [3.8, 4) is 10.6 Å². The first-order valence-electron chi connectivity index (χ1n) is 6.42. The van der Waals surface area contributed by atoms with Crippen LogP contribution in [0.15, 0.2) is 34.4 Å². The molecule has 2 aromatic rings. The minimum atomic E-state index is -0.223. The number of methoxy groups -OCH3 is 1. The normalized spacial score (nSPS) is 10.7. The number of ketones is 1. The summed E-state index contributed by atoms with van der Waals surface area (Å²) in [6.07, 6.45) is 0.732. The molecule has 0 fully saturated rings. The molecular weight excluding hydrogens is 274 g/mol. The molecule has 0 spiro atoms.